The Morgan fingerprint density at radius 1 is 1.05 bits per heavy atom. The van der Waals surface area contributed by atoms with Gasteiger partial charge in [-0.1, -0.05) is 6.08 Å². The van der Waals surface area contributed by atoms with Gasteiger partial charge in [-0.2, -0.15) is 0 Å². The van der Waals surface area contributed by atoms with E-state index in [4.69, 9.17) is 4.74 Å². The van der Waals surface area contributed by atoms with E-state index in [0.29, 0.717) is 18.5 Å². The topological polar surface area (TPSA) is 46.5 Å². The zero-order valence-electron chi connectivity index (χ0n) is 11.7. The maximum atomic E-state index is 12.4. The van der Waals surface area contributed by atoms with Gasteiger partial charge in [-0.3, -0.25) is 4.79 Å². The fraction of sp³-hybridized carbons (Fsp3) is 0.812. The standard InChI is InChI=1S/C16H26O3/c1-2-11-19-15-9-5-13(6-10-15)16(18)12-3-7-14(17)8-4-12/h2,12-15,17H,1,3-11H2. The van der Waals surface area contributed by atoms with Gasteiger partial charge in [-0.25, -0.2) is 0 Å². The molecular formula is C16H26O3. The molecule has 0 aromatic heterocycles. The number of hydrogen-bond acceptors (Lipinski definition) is 3. The van der Waals surface area contributed by atoms with E-state index >= 15 is 0 Å². The Balaban J connectivity index is 1.74. The molecule has 0 spiro atoms. The van der Waals surface area contributed by atoms with Gasteiger partial charge in [0, 0.05) is 11.8 Å². The van der Waals surface area contributed by atoms with Crippen LogP contribution in [0, 0.1) is 11.8 Å². The average molecular weight is 266 g/mol. The normalized spacial score (nSPS) is 35.8. The van der Waals surface area contributed by atoms with Gasteiger partial charge in [0.2, 0.25) is 0 Å². The van der Waals surface area contributed by atoms with Crippen LogP contribution in [0.1, 0.15) is 51.4 Å². The molecule has 2 saturated carbocycles. The van der Waals surface area contributed by atoms with E-state index in [-0.39, 0.29) is 17.9 Å². The van der Waals surface area contributed by atoms with Crippen molar-refractivity contribution in [3.8, 4) is 0 Å². The molecule has 0 amide bonds. The first-order valence-electron chi connectivity index (χ1n) is 7.65. The highest BCUT2D eigenvalue weighted by Gasteiger charge is 2.32. The third kappa shape index (κ3) is 4.15. The number of ketones is 1. The number of Topliss-reactive ketones (excluding diaryl/α,β-unsaturated/α-hetero) is 1. The lowest BCUT2D eigenvalue weighted by atomic mass is 9.75. The third-order valence-electron chi connectivity index (χ3n) is 4.63. The summed E-state index contributed by atoms with van der Waals surface area (Å²) in [4.78, 5) is 12.4. The van der Waals surface area contributed by atoms with E-state index in [2.05, 4.69) is 6.58 Å². The second kappa shape index (κ2) is 7.20. The number of carbonyl (C=O) groups is 1. The van der Waals surface area contributed by atoms with Crippen LogP contribution in [0.15, 0.2) is 12.7 Å². The molecule has 0 aromatic carbocycles. The maximum absolute atomic E-state index is 12.4. The molecule has 0 saturated heterocycles. The predicted octanol–water partition coefficient (Wildman–Crippen LogP) is 2.87. The van der Waals surface area contributed by atoms with Gasteiger partial charge in [0.1, 0.15) is 5.78 Å². The monoisotopic (exact) mass is 266 g/mol. The van der Waals surface area contributed by atoms with Gasteiger partial charge in [0.15, 0.2) is 0 Å². The van der Waals surface area contributed by atoms with E-state index in [1.165, 1.54) is 0 Å². The smallest absolute Gasteiger partial charge is 0.139 e. The molecule has 0 aliphatic heterocycles. The summed E-state index contributed by atoms with van der Waals surface area (Å²) < 4.78 is 5.66. The highest BCUT2D eigenvalue weighted by atomic mass is 16.5. The lowest BCUT2D eigenvalue weighted by Gasteiger charge is -2.32. The molecule has 2 fully saturated rings. The van der Waals surface area contributed by atoms with Crippen molar-refractivity contribution in [3.63, 3.8) is 0 Å². The molecule has 0 unspecified atom stereocenters. The number of hydrogen-bond donors (Lipinski definition) is 1. The van der Waals surface area contributed by atoms with Crippen LogP contribution >= 0.6 is 0 Å². The third-order valence-corrected chi connectivity index (χ3v) is 4.63. The van der Waals surface area contributed by atoms with Crippen molar-refractivity contribution >= 4 is 5.78 Å². The van der Waals surface area contributed by atoms with Gasteiger partial charge in [-0.05, 0) is 51.4 Å². The van der Waals surface area contributed by atoms with Crippen molar-refractivity contribution in [2.24, 2.45) is 11.8 Å². The van der Waals surface area contributed by atoms with E-state index in [0.717, 1.165) is 51.4 Å². The highest BCUT2D eigenvalue weighted by Crippen LogP contribution is 2.33. The first kappa shape index (κ1) is 14.7. The summed E-state index contributed by atoms with van der Waals surface area (Å²) in [5.74, 6) is 0.900. The fourth-order valence-electron chi connectivity index (χ4n) is 3.41. The lowest BCUT2D eigenvalue weighted by molar-refractivity contribution is -0.130. The molecule has 0 atom stereocenters. The van der Waals surface area contributed by atoms with Gasteiger partial charge >= 0.3 is 0 Å². The first-order chi connectivity index (χ1) is 9.20. The Labute approximate surface area is 116 Å². The average Bonchev–Trinajstić information content (AvgIpc) is 2.46. The SMILES string of the molecule is C=CCOC1CCC(C(=O)C2CCC(O)CC2)CC1. The second-order valence-electron chi connectivity index (χ2n) is 6.00. The van der Waals surface area contributed by atoms with Gasteiger partial charge in [0.25, 0.3) is 0 Å². The van der Waals surface area contributed by atoms with E-state index in [1.807, 2.05) is 0 Å². The van der Waals surface area contributed by atoms with Crippen LogP contribution in [0.4, 0.5) is 0 Å². The fourth-order valence-corrected chi connectivity index (χ4v) is 3.41. The Kier molecular flexibility index (Phi) is 5.59. The Morgan fingerprint density at radius 2 is 1.58 bits per heavy atom. The molecule has 2 aliphatic rings. The minimum atomic E-state index is -0.174. The molecule has 2 aliphatic carbocycles. The van der Waals surface area contributed by atoms with Crippen LogP contribution in [0.5, 0.6) is 0 Å². The molecule has 108 valence electrons. The lowest BCUT2D eigenvalue weighted by Crippen LogP contribution is -2.32. The number of aliphatic hydroxyl groups is 1. The Hall–Kier alpha value is -0.670. The van der Waals surface area contributed by atoms with Gasteiger partial charge in [-0.15, -0.1) is 6.58 Å². The summed E-state index contributed by atoms with van der Waals surface area (Å²) in [5.41, 5.74) is 0. The molecular weight excluding hydrogens is 240 g/mol. The van der Waals surface area contributed by atoms with Gasteiger partial charge in [0.05, 0.1) is 18.8 Å². The number of carbonyl (C=O) groups excluding carboxylic acids is 1. The van der Waals surface area contributed by atoms with E-state index in [1.54, 1.807) is 6.08 Å². The minimum Gasteiger partial charge on any atom is -0.393 e. The quantitative estimate of drug-likeness (QED) is 0.778. The van der Waals surface area contributed by atoms with Crippen molar-refractivity contribution in [1.29, 1.82) is 0 Å². The van der Waals surface area contributed by atoms with E-state index < -0.39 is 0 Å². The van der Waals surface area contributed by atoms with Crippen LogP contribution in [0.2, 0.25) is 0 Å². The summed E-state index contributed by atoms with van der Waals surface area (Å²) in [6.45, 7) is 4.27. The molecule has 0 heterocycles. The van der Waals surface area contributed by atoms with Crippen molar-refractivity contribution < 1.29 is 14.6 Å². The summed E-state index contributed by atoms with van der Waals surface area (Å²) in [6, 6.07) is 0. The van der Waals surface area contributed by atoms with Crippen LogP contribution in [0.25, 0.3) is 0 Å². The zero-order chi connectivity index (χ0) is 13.7. The zero-order valence-corrected chi connectivity index (χ0v) is 11.7. The number of rotatable bonds is 5. The highest BCUT2D eigenvalue weighted by molar-refractivity contribution is 5.83. The Bertz CT molecular complexity index is 297. The molecule has 3 heteroatoms. The van der Waals surface area contributed by atoms with Crippen LogP contribution in [0.3, 0.4) is 0 Å². The molecule has 2 rings (SSSR count). The van der Waals surface area contributed by atoms with Gasteiger partial charge < -0.3 is 9.84 Å². The minimum absolute atomic E-state index is 0.174. The largest absolute Gasteiger partial charge is 0.393 e. The van der Waals surface area contributed by atoms with Crippen LogP contribution in [-0.2, 0) is 9.53 Å². The summed E-state index contributed by atoms with van der Waals surface area (Å²) in [6.07, 6.45) is 9.23. The van der Waals surface area contributed by atoms with Crippen LogP contribution in [-0.4, -0.2) is 29.7 Å². The molecule has 0 bridgehead atoms. The molecule has 19 heavy (non-hydrogen) atoms. The molecule has 0 aromatic rings. The van der Waals surface area contributed by atoms with Crippen LogP contribution < -0.4 is 0 Å². The molecule has 3 nitrogen and oxygen atoms in total. The second-order valence-corrected chi connectivity index (χ2v) is 6.00. The summed E-state index contributed by atoms with van der Waals surface area (Å²) >= 11 is 0. The number of aliphatic hydroxyl groups excluding tert-OH is 1. The molecule has 0 radical (unpaired) electrons. The number of ether oxygens (including phenoxy) is 1. The van der Waals surface area contributed by atoms with Crippen molar-refractivity contribution in [2.75, 3.05) is 6.61 Å². The van der Waals surface area contributed by atoms with E-state index in [9.17, 15) is 9.90 Å². The summed E-state index contributed by atoms with van der Waals surface area (Å²) in [5, 5.41) is 9.50. The van der Waals surface area contributed by atoms with Crippen molar-refractivity contribution in [2.45, 2.75) is 63.6 Å². The van der Waals surface area contributed by atoms with Crippen molar-refractivity contribution in [3.05, 3.63) is 12.7 Å². The molecule has 1 N–H and O–H groups in total. The van der Waals surface area contributed by atoms with Crippen molar-refractivity contribution in [1.82, 2.24) is 0 Å². The predicted molar refractivity (Wildman–Crippen MR) is 74.9 cm³/mol. The Morgan fingerprint density at radius 3 is 2.11 bits per heavy atom. The first-order valence-corrected chi connectivity index (χ1v) is 7.65. The maximum Gasteiger partial charge on any atom is 0.139 e. The summed E-state index contributed by atoms with van der Waals surface area (Å²) in [7, 11) is 0.